The van der Waals surface area contributed by atoms with Crippen LogP contribution in [0, 0.1) is 27.6 Å². The normalized spacial score (nSPS) is 7.97. The number of nitrogens with zero attached hydrogens (tertiary/aromatic N) is 1. The predicted molar refractivity (Wildman–Crippen MR) is 121 cm³/mol. The van der Waals surface area contributed by atoms with E-state index in [0.29, 0.717) is 5.69 Å². The summed E-state index contributed by atoms with van der Waals surface area (Å²) in [6, 6.07) is 15.2. The van der Waals surface area contributed by atoms with Crippen LogP contribution in [0.5, 0.6) is 0 Å². The van der Waals surface area contributed by atoms with Crippen molar-refractivity contribution in [3.8, 4) is 0 Å². The Kier molecular flexibility index (Phi) is 31.7. The monoisotopic (exact) mass is 1010 g/mol. The number of ether oxygens (including phenoxy) is 2. The van der Waals surface area contributed by atoms with Crippen molar-refractivity contribution in [2.75, 3.05) is 19.5 Å². The molecule has 0 fully saturated rings. The number of nitrogens with one attached hydrogen (secondary N) is 2. The quantitative estimate of drug-likeness (QED) is 0.272. The van der Waals surface area contributed by atoms with Crippen LogP contribution < -0.4 is 5.32 Å². The number of aryl methyl sites for hydroxylation is 1. The molecule has 0 amide bonds. The molecule has 0 saturated carbocycles. The van der Waals surface area contributed by atoms with E-state index in [0.717, 1.165) is 21.9 Å². The first-order chi connectivity index (χ1) is 12.6. The van der Waals surface area contributed by atoms with Crippen molar-refractivity contribution in [1.29, 1.82) is 0 Å². The molecule has 177 valence electrons. The van der Waals surface area contributed by atoms with Gasteiger partial charge in [0.05, 0.1) is 0 Å². The molecule has 1 heterocycles. The number of anilines is 2. The van der Waals surface area contributed by atoms with Gasteiger partial charge in [-0.25, -0.2) is 10.7 Å². The maximum absolute atomic E-state index is 7.24. The number of thiazole rings is 1. The van der Waals surface area contributed by atoms with Gasteiger partial charge < -0.3 is 28.0 Å². The molecule has 0 saturated heterocycles. The average molecular weight is 1010 g/mol. The van der Waals surface area contributed by atoms with Crippen molar-refractivity contribution in [3.05, 3.63) is 97.1 Å². The fourth-order valence-electron chi connectivity index (χ4n) is 2.11. The Morgan fingerprint density at radius 1 is 0.969 bits per heavy atom. The number of hydrogen-bond donors (Lipinski definition) is 1. The van der Waals surface area contributed by atoms with Crippen LogP contribution in [0.4, 0.5) is 16.5 Å². The first-order valence-electron chi connectivity index (χ1n) is 7.94. The van der Waals surface area contributed by atoms with E-state index in [1.54, 1.807) is 50.9 Å². The summed E-state index contributed by atoms with van der Waals surface area (Å²) in [5, 5.41) is 4.16. The van der Waals surface area contributed by atoms with Gasteiger partial charge in [-0.15, -0.1) is 35.6 Å². The minimum atomic E-state index is 0. The van der Waals surface area contributed by atoms with Gasteiger partial charge in [-0.1, -0.05) is 26.7 Å². The molecule has 0 spiro atoms. The third kappa shape index (κ3) is 16.5. The van der Waals surface area contributed by atoms with Gasteiger partial charge in [0.25, 0.3) is 0 Å². The number of methoxy groups -OCH3 is 2. The summed E-state index contributed by atoms with van der Waals surface area (Å²) >= 11 is 1.64. The molecule has 2 N–H and O–H groups in total. The van der Waals surface area contributed by atoms with Crippen molar-refractivity contribution in [2.45, 2.75) is 14.4 Å². The van der Waals surface area contributed by atoms with Gasteiger partial charge in [0.2, 0.25) is 0 Å². The zero-order valence-electron chi connectivity index (χ0n) is 17.6. The van der Waals surface area contributed by atoms with Crippen LogP contribution in [-0.2, 0) is 89.9 Å². The smallest absolute Gasteiger partial charge is 0.709 e. The van der Waals surface area contributed by atoms with E-state index < -0.39 is 0 Å². The van der Waals surface area contributed by atoms with Crippen molar-refractivity contribution >= 4 is 27.8 Å². The van der Waals surface area contributed by atoms with Gasteiger partial charge in [-0.3, -0.25) is 0 Å². The molecule has 0 atom stereocenters. The van der Waals surface area contributed by atoms with Gasteiger partial charge in [-0.05, 0) is 12.6 Å². The maximum Gasteiger partial charge on any atom is 2.00 e. The van der Waals surface area contributed by atoms with E-state index in [1.807, 2.05) is 49.5 Å². The van der Waals surface area contributed by atoms with Crippen molar-refractivity contribution in [3.63, 3.8) is 0 Å². The number of rotatable bonds is 6. The van der Waals surface area contributed by atoms with Gasteiger partial charge in [0.1, 0.15) is 0 Å². The topological polar surface area (TPSA) is 67.2 Å². The molecule has 32 heavy (non-hydrogen) atoms. The molecule has 1 aromatic heterocycles. The summed E-state index contributed by atoms with van der Waals surface area (Å²) in [6.45, 7) is 5.36. The van der Waals surface area contributed by atoms with Crippen LogP contribution in [0.3, 0.4) is 0 Å². The molecule has 2 aromatic carbocycles. The molecule has 0 aliphatic rings. The third-order valence-corrected chi connectivity index (χ3v) is 3.98. The minimum absolute atomic E-state index is 0. The van der Waals surface area contributed by atoms with Crippen LogP contribution in [0.15, 0.2) is 54.7 Å². The van der Waals surface area contributed by atoms with Crippen molar-refractivity contribution in [2.24, 2.45) is 0 Å². The Bertz CT molecular complexity index is 829. The zero-order valence-corrected chi connectivity index (χ0v) is 28.2. The van der Waals surface area contributed by atoms with Crippen LogP contribution in [0.25, 0.3) is 5.73 Å². The molecule has 0 bridgehead atoms. The van der Waals surface area contributed by atoms with Crippen LogP contribution >= 0.6 is 11.3 Å². The first-order valence-corrected chi connectivity index (χ1v) is 8.75. The van der Waals surface area contributed by atoms with Crippen molar-refractivity contribution < 1.29 is 89.9 Å². The Morgan fingerprint density at radius 2 is 1.50 bits per heavy atom. The summed E-state index contributed by atoms with van der Waals surface area (Å²) in [5.74, 6) is 0. The van der Waals surface area contributed by atoms with E-state index in [2.05, 4.69) is 10.3 Å². The molecule has 5 nitrogen and oxygen atoms in total. The van der Waals surface area contributed by atoms with Crippen LogP contribution in [0.1, 0.15) is 23.4 Å². The molecule has 0 unspecified atom stereocenters. The Hall–Kier alpha value is -0.0726. The maximum atomic E-state index is 7.24. The molecule has 3 rings (SSSR count). The van der Waals surface area contributed by atoms with E-state index in [-0.39, 0.29) is 95.3 Å². The summed E-state index contributed by atoms with van der Waals surface area (Å²) in [7, 11) is 3.24. The standard InChI is InChI=1S/C12H13N2OS.C8H9NO.CH4.CH3.2Re.V.W/c1-9-7-13-12(16-9)14-11-5-3-4-10(6-11)8-15-2;1-10-6-7-3-2-4-8(9)5-7;;;;;;/h3-8H,1-2H3,(H,13,14);2-6,9H,1H3;1H4;1H3;;;;/q-1;-2;;-1;;;;+2. The SMILES string of the molecule is C.CO[CH-]c1cccc(Nc2ncc(C)s2)c1.CO[CH-]c1cccc([NH-])c1.[CH3-].[Re].[Re].[V].[W+2]. The average Bonchev–Trinajstić information content (AvgIpc) is 3.01. The van der Waals surface area contributed by atoms with E-state index in [1.165, 1.54) is 4.88 Å². The second-order valence-electron chi connectivity index (χ2n) is 5.36. The Balaban J connectivity index is -0.000000137. The Morgan fingerprint density at radius 3 is 1.97 bits per heavy atom. The molecule has 3 aromatic rings. The minimum Gasteiger partial charge on any atom is -0.709 e. The fraction of sp³-hybridized carbons (Fsp3) is 0.182. The first kappa shape index (κ1) is 42.1. The van der Waals surface area contributed by atoms with Crippen LogP contribution in [0.2, 0.25) is 0 Å². The van der Waals surface area contributed by atoms with Gasteiger partial charge in [-0.2, -0.15) is 29.3 Å². The largest absolute Gasteiger partial charge is 2.00 e. The van der Waals surface area contributed by atoms with Gasteiger partial charge in [0.15, 0.2) is 5.13 Å². The van der Waals surface area contributed by atoms with E-state index in [4.69, 9.17) is 15.2 Å². The zero-order chi connectivity index (χ0) is 18.8. The second-order valence-corrected chi connectivity index (χ2v) is 6.59. The summed E-state index contributed by atoms with van der Waals surface area (Å²) in [5.41, 5.74) is 10.7. The van der Waals surface area contributed by atoms with Crippen molar-refractivity contribution in [1.82, 2.24) is 4.98 Å². The van der Waals surface area contributed by atoms with Crippen LogP contribution in [-0.4, -0.2) is 19.2 Å². The molecule has 0 aliphatic carbocycles. The molecule has 3 radical (unpaired) electrons. The second kappa shape index (κ2) is 24.1. The van der Waals surface area contributed by atoms with E-state index in [9.17, 15) is 0 Å². The molecule has 0 aliphatic heterocycles. The number of aromatic nitrogens is 1. The summed E-state index contributed by atoms with van der Waals surface area (Å²) < 4.78 is 9.75. The fourth-order valence-corrected chi connectivity index (χ4v) is 2.79. The number of benzene rings is 2. The predicted octanol–water partition coefficient (Wildman–Crippen LogP) is 6.95. The Labute approximate surface area is 251 Å². The van der Waals surface area contributed by atoms with Gasteiger partial charge >= 0.3 is 21.1 Å². The molecule has 10 heteroatoms. The van der Waals surface area contributed by atoms with E-state index >= 15 is 0 Å². The number of hydrogen-bond acceptors (Lipinski definition) is 5. The third-order valence-electron chi connectivity index (χ3n) is 3.15. The molecular formula is C22H29N3O2Re2SVW-2. The molecular weight excluding hydrogens is 978 g/mol. The summed E-state index contributed by atoms with van der Waals surface area (Å²) in [6.07, 6.45) is 1.86. The van der Waals surface area contributed by atoms with Gasteiger partial charge in [0, 0.05) is 84.7 Å². The summed E-state index contributed by atoms with van der Waals surface area (Å²) in [4.78, 5) is 5.45.